The first-order chi connectivity index (χ1) is 18.0. The Bertz CT molecular complexity index is 1530. The van der Waals surface area contributed by atoms with Gasteiger partial charge in [-0.1, -0.05) is 54.6 Å². The lowest BCUT2D eigenvalue weighted by Crippen LogP contribution is -2.43. The van der Waals surface area contributed by atoms with E-state index >= 15 is 0 Å². The molecule has 1 aliphatic carbocycles. The van der Waals surface area contributed by atoms with E-state index in [0.29, 0.717) is 0 Å². The summed E-state index contributed by atoms with van der Waals surface area (Å²) >= 11 is 0. The lowest BCUT2D eigenvalue weighted by atomic mass is 9.72. The number of hydrogen-bond donors (Lipinski definition) is 2. The molecule has 37 heavy (non-hydrogen) atoms. The van der Waals surface area contributed by atoms with Crippen LogP contribution in [0.15, 0.2) is 72.8 Å². The highest BCUT2D eigenvalue weighted by molar-refractivity contribution is 5.91. The number of fused-ring (bicyclic) bond motifs is 3. The van der Waals surface area contributed by atoms with Crippen LogP contribution in [0.5, 0.6) is 0 Å². The molecule has 3 N–H and O–H groups in total. The minimum atomic E-state index is -0.173. The molecule has 7 nitrogen and oxygen atoms in total. The van der Waals surface area contributed by atoms with Gasteiger partial charge in [0.25, 0.3) is 0 Å². The van der Waals surface area contributed by atoms with Crippen molar-refractivity contribution in [1.82, 2.24) is 24.5 Å². The monoisotopic (exact) mass is 491 g/mol. The number of nitrogens with two attached hydrogens (primary N) is 1. The van der Waals surface area contributed by atoms with E-state index in [1.54, 1.807) is 0 Å². The fourth-order valence-electron chi connectivity index (χ4n) is 5.19. The van der Waals surface area contributed by atoms with Gasteiger partial charge >= 0.3 is 0 Å². The van der Waals surface area contributed by atoms with Crippen molar-refractivity contribution in [1.29, 1.82) is 0 Å². The highest BCUT2D eigenvalue weighted by atomic mass is 15.3. The third-order valence-corrected chi connectivity index (χ3v) is 7.48. The van der Waals surface area contributed by atoms with Crippen LogP contribution in [0.4, 0.5) is 5.95 Å². The SMILES string of the molecule is CN(C)CCCNc1nnc2ccc3nc(-c4ccc(C5(N)CCC5)cc4)c(-c4ccccc4)cc3n12. The summed E-state index contributed by atoms with van der Waals surface area (Å²) in [4.78, 5) is 7.38. The molecule has 7 heteroatoms. The highest BCUT2D eigenvalue weighted by Gasteiger charge is 2.34. The third-order valence-electron chi connectivity index (χ3n) is 7.48. The van der Waals surface area contributed by atoms with Crippen LogP contribution in [0.25, 0.3) is 39.1 Å². The molecular formula is C30H33N7. The van der Waals surface area contributed by atoms with Crippen LogP contribution in [0, 0.1) is 0 Å². The van der Waals surface area contributed by atoms with Gasteiger partial charge in [0, 0.05) is 23.2 Å². The topological polar surface area (TPSA) is 84.4 Å². The molecule has 1 saturated carbocycles. The Labute approximate surface area is 217 Å². The number of rotatable bonds is 8. The molecule has 0 unspecified atom stereocenters. The molecule has 188 valence electrons. The minimum absolute atomic E-state index is 0.173. The van der Waals surface area contributed by atoms with E-state index in [2.05, 4.69) is 93.5 Å². The lowest BCUT2D eigenvalue weighted by molar-refractivity contribution is 0.253. The molecule has 5 aromatic rings. The molecule has 3 aromatic heterocycles. The average Bonchev–Trinajstić information content (AvgIpc) is 3.33. The fraction of sp³-hybridized carbons (Fsp3) is 0.300. The normalized spacial score (nSPS) is 14.8. The van der Waals surface area contributed by atoms with E-state index < -0.39 is 0 Å². The molecule has 0 bridgehead atoms. The van der Waals surface area contributed by atoms with Crippen molar-refractivity contribution in [3.63, 3.8) is 0 Å². The predicted molar refractivity (Wildman–Crippen MR) is 151 cm³/mol. The average molecular weight is 492 g/mol. The van der Waals surface area contributed by atoms with Gasteiger partial charge in [0.15, 0.2) is 5.65 Å². The number of anilines is 1. The van der Waals surface area contributed by atoms with Crippen molar-refractivity contribution in [2.75, 3.05) is 32.5 Å². The highest BCUT2D eigenvalue weighted by Crippen LogP contribution is 2.40. The summed E-state index contributed by atoms with van der Waals surface area (Å²) in [5.41, 5.74) is 14.5. The second-order valence-corrected chi connectivity index (χ2v) is 10.4. The van der Waals surface area contributed by atoms with E-state index in [0.717, 1.165) is 77.4 Å². The zero-order chi connectivity index (χ0) is 25.4. The van der Waals surface area contributed by atoms with Crippen LogP contribution in [0.2, 0.25) is 0 Å². The Morgan fingerprint density at radius 3 is 2.43 bits per heavy atom. The molecule has 2 aromatic carbocycles. The Kier molecular flexibility index (Phi) is 6.10. The summed E-state index contributed by atoms with van der Waals surface area (Å²) < 4.78 is 2.08. The first-order valence-corrected chi connectivity index (χ1v) is 13.0. The molecular weight excluding hydrogens is 458 g/mol. The summed E-state index contributed by atoms with van der Waals surface area (Å²) in [5.74, 6) is 0.742. The van der Waals surface area contributed by atoms with Crippen LogP contribution in [0.3, 0.4) is 0 Å². The first-order valence-electron chi connectivity index (χ1n) is 13.0. The van der Waals surface area contributed by atoms with Gasteiger partial charge < -0.3 is 16.0 Å². The molecule has 6 rings (SSSR count). The lowest BCUT2D eigenvalue weighted by Gasteiger charge is -2.38. The van der Waals surface area contributed by atoms with Crippen LogP contribution in [0.1, 0.15) is 31.2 Å². The Balaban J connectivity index is 1.46. The summed E-state index contributed by atoms with van der Waals surface area (Å²) in [5, 5.41) is 12.3. The Morgan fingerprint density at radius 1 is 0.946 bits per heavy atom. The van der Waals surface area contributed by atoms with Crippen molar-refractivity contribution in [3.05, 3.63) is 78.4 Å². The van der Waals surface area contributed by atoms with E-state index in [1.165, 1.54) is 12.0 Å². The van der Waals surface area contributed by atoms with E-state index in [4.69, 9.17) is 10.7 Å². The van der Waals surface area contributed by atoms with E-state index in [-0.39, 0.29) is 5.54 Å². The summed E-state index contributed by atoms with van der Waals surface area (Å²) in [6, 6.07) is 25.4. The van der Waals surface area contributed by atoms with Gasteiger partial charge in [0.1, 0.15) is 0 Å². The molecule has 0 aliphatic heterocycles. The zero-order valence-electron chi connectivity index (χ0n) is 21.5. The van der Waals surface area contributed by atoms with Crippen LogP contribution in [-0.4, -0.2) is 51.7 Å². The van der Waals surface area contributed by atoms with Gasteiger partial charge in [0.2, 0.25) is 5.95 Å². The van der Waals surface area contributed by atoms with Crippen molar-refractivity contribution in [3.8, 4) is 22.4 Å². The Hall–Kier alpha value is -3.81. The molecule has 3 heterocycles. The van der Waals surface area contributed by atoms with E-state index in [1.807, 2.05) is 18.2 Å². The largest absolute Gasteiger partial charge is 0.354 e. The van der Waals surface area contributed by atoms with Gasteiger partial charge in [-0.2, -0.15) is 0 Å². The van der Waals surface area contributed by atoms with E-state index in [9.17, 15) is 0 Å². The number of hydrogen-bond acceptors (Lipinski definition) is 6. The fourth-order valence-corrected chi connectivity index (χ4v) is 5.19. The molecule has 1 aliphatic rings. The maximum Gasteiger partial charge on any atom is 0.229 e. The quantitative estimate of drug-likeness (QED) is 0.286. The zero-order valence-corrected chi connectivity index (χ0v) is 21.5. The number of aromatic nitrogens is 4. The smallest absolute Gasteiger partial charge is 0.229 e. The first kappa shape index (κ1) is 23.6. The van der Waals surface area contributed by atoms with Gasteiger partial charge in [-0.05, 0) is 75.6 Å². The van der Waals surface area contributed by atoms with Crippen molar-refractivity contribution in [2.45, 2.75) is 31.2 Å². The third kappa shape index (κ3) is 4.45. The van der Waals surface area contributed by atoms with Crippen molar-refractivity contribution in [2.24, 2.45) is 5.73 Å². The molecule has 1 fully saturated rings. The van der Waals surface area contributed by atoms with Crippen LogP contribution < -0.4 is 11.1 Å². The minimum Gasteiger partial charge on any atom is -0.354 e. The van der Waals surface area contributed by atoms with Crippen LogP contribution in [-0.2, 0) is 5.54 Å². The number of benzene rings is 2. The van der Waals surface area contributed by atoms with Crippen molar-refractivity contribution < 1.29 is 0 Å². The Morgan fingerprint density at radius 2 is 1.73 bits per heavy atom. The van der Waals surface area contributed by atoms with Gasteiger partial charge in [-0.15, -0.1) is 10.2 Å². The maximum absolute atomic E-state index is 6.58. The molecule has 0 spiro atoms. The number of nitrogens with zero attached hydrogens (tertiary/aromatic N) is 5. The van der Waals surface area contributed by atoms with Gasteiger partial charge in [-0.25, -0.2) is 4.98 Å². The predicted octanol–water partition coefficient (Wildman–Crippen LogP) is 5.31. The standard InChI is InChI=1S/C30H33N7/c1-36(2)19-7-18-32-29-35-34-27-15-14-25-26(37(27)29)20-24(21-8-4-3-5-9-21)28(33-25)22-10-12-23(13-11-22)30(31)16-6-17-30/h3-5,8-15,20H,6-7,16-19,31H2,1-2H3,(H,32,35). The molecule has 0 saturated heterocycles. The number of pyridine rings is 2. The maximum atomic E-state index is 6.58. The summed E-state index contributed by atoms with van der Waals surface area (Å²) in [6.07, 6.45) is 4.32. The molecule has 0 atom stereocenters. The van der Waals surface area contributed by atoms with Crippen LogP contribution >= 0.6 is 0 Å². The van der Waals surface area contributed by atoms with Gasteiger partial charge in [0.05, 0.1) is 16.7 Å². The second-order valence-electron chi connectivity index (χ2n) is 10.4. The van der Waals surface area contributed by atoms with Crippen molar-refractivity contribution >= 4 is 22.6 Å². The summed E-state index contributed by atoms with van der Waals surface area (Å²) in [6.45, 7) is 1.83. The summed E-state index contributed by atoms with van der Waals surface area (Å²) in [7, 11) is 4.17. The van der Waals surface area contributed by atoms with Gasteiger partial charge in [-0.3, -0.25) is 4.40 Å². The molecule has 0 amide bonds. The number of nitrogens with one attached hydrogen (secondary N) is 1. The second kappa shape index (κ2) is 9.57. The molecule has 0 radical (unpaired) electrons.